The molecule has 25 heavy (non-hydrogen) atoms. The summed E-state index contributed by atoms with van der Waals surface area (Å²) in [7, 11) is 0. The number of hydrogen-bond donors (Lipinski definition) is 0. The molecule has 2 amide bonds. The molecule has 1 aliphatic heterocycles. The number of amides is 2. The van der Waals surface area contributed by atoms with Gasteiger partial charge in [0.2, 0.25) is 0 Å². The molecule has 0 radical (unpaired) electrons. The van der Waals surface area contributed by atoms with Gasteiger partial charge in [-0.15, -0.1) is 6.89 Å². The van der Waals surface area contributed by atoms with Gasteiger partial charge in [0, 0.05) is 16.2 Å². The topological polar surface area (TPSA) is 61.2 Å². The first-order chi connectivity index (χ1) is 11.5. The van der Waals surface area contributed by atoms with Gasteiger partial charge in [0.15, 0.2) is 0 Å². The number of rotatable bonds is 4. The lowest BCUT2D eigenvalue weighted by molar-refractivity contribution is -0.120. The minimum atomic E-state index is -1.63. The van der Waals surface area contributed by atoms with Crippen molar-refractivity contribution in [3.8, 4) is 6.07 Å². The lowest BCUT2D eigenvalue weighted by atomic mass is 10.0. The Morgan fingerprint density at radius 3 is 2.16 bits per heavy atom. The van der Waals surface area contributed by atoms with Crippen molar-refractivity contribution in [1.29, 1.82) is 5.26 Å². The molecule has 1 atom stereocenters. The summed E-state index contributed by atoms with van der Waals surface area (Å²) in [6.45, 7) is 7.51. The lowest BCUT2D eigenvalue weighted by Gasteiger charge is -2.23. The highest BCUT2D eigenvalue weighted by molar-refractivity contribution is 7.73. The van der Waals surface area contributed by atoms with Gasteiger partial charge in [-0.05, 0) is 63.8 Å². The number of carbonyl (C=O) groups is 2. The summed E-state index contributed by atoms with van der Waals surface area (Å²) < 4.78 is 0. The molecular formula is C19H22ClN2O2P. The van der Waals surface area contributed by atoms with Gasteiger partial charge in [0.05, 0.1) is 17.4 Å². The zero-order valence-electron chi connectivity index (χ0n) is 15.2. The summed E-state index contributed by atoms with van der Waals surface area (Å²) in [6, 6.07) is 5.84. The fraction of sp³-hybridized carbons (Fsp3) is 0.368. The van der Waals surface area contributed by atoms with E-state index >= 15 is 0 Å². The van der Waals surface area contributed by atoms with Crippen LogP contribution < -0.4 is 4.90 Å². The first-order valence-electron chi connectivity index (χ1n) is 7.92. The summed E-state index contributed by atoms with van der Waals surface area (Å²) in [6.07, 6.45) is 4.60. The second kappa shape index (κ2) is 6.83. The summed E-state index contributed by atoms with van der Waals surface area (Å²) in [4.78, 5) is 26.1. The van der Waals surface area contributed by atoms with Crippen LogP contribution in [-0.2, 0) is 16.0 Å². The van der Waals surface area contributed by atoms with Gasteiger partial charge >= 0.3 is 0 Å². The van der Waals surface area contributed by atoms with Crippen molar-refractivity contribution in [3.63, 3.8) is 0 Å². The lowest BCUT2D eigenvalue weighted by Crippen LogP contribution is -2.32. The number of nitrogens with zero attached hydrogens (tertiary/aromatic N) is 2. The average molecular weight is 377 g/mol. The standard InChI is InChI=1S/C19H22ClN2O2P/c1-11-7-16(20)14(8-15(10-21)25(4,5)6)9-17(11)22-18(23)12(2)13(3)19(22)24/h7,9,15H,4,8H2,1-3,5-6H3. The fourth-order valence-corrected chi connectivity index (χ4v) is 4.03. The van der Waals surface area contributed by atoms with Crippen molar-refractivity contribution in [2.75, 3.05) is 18.2 Å². The average Bonchev–Trinajstić information content (AvgIpc) is 2.70. The molecule has 0 saturated carbocycles. The number of nitriles is 1. The van der Waals surface area contributed by atoms with Gasteiger partial charge in [-0.25, -0.2) is 4.90 Å². The Morgan fingerprint density at radius 2 is 1.72 bits per heavy atom. The number of halogens is 1. The Hall–Kier alpha value is -1.82. The van der Waals surface area contributed by atoms with Crippen molar-refractivity contribution in [2.45, 2.75) is 32.9 Å². The predicted molar refractivity (Wildman–Crippen MR) is 106 cm³/mol. The molecule has 0 N–H and O–H groups in total. The molecule has 0 saturated heterocycles. The van der Waals surface area contributed by atoms with Gasteiger partial charge in [0.1, 0.15) is 0 Å². The van der Waals surface area contributed by atoms with Crippen LogP contribution in [0.25, 0.3) is 0 Å². The quantitative estimate of drug-likeness (QED) is 0.589. The van der Waals surface area contributed by atoms with E-state index in [-0.39, 0.29) is 17.5 Å². The third kappa shape index (κ3) is 3.59. The van der Waals surface area contributed by atoms with Crippen LogP contribution in [0.15, 0.2) is 23.3 Å². The highest BCUT2D eigenvalue weighted by atomic mass is 35.5. The predicted octanol–water partition coefficient (Wildman–Crippen LogP) is 4.00. The van der Waals surface area contributed by atoms with E-state index in [4.69, 9.17) is 11.6 Å². The van der Waals surface area contributed by atoms with Crippen LogP contribution in [-0.4, -0.2) is 37.1 Å². The maximum atomic E-state index is 12.5. The Kier molecular flexibility index (Phi) is 5.33. The first-order valence-corrected chi connectivity index (χ1v) is 11.2. The van der Waals surface area contributed by atoms with E-state index in [2.05, 4.69) is 12.4 Å². The van der Waals surface area contributed by atoms with Crippen LogP contribution in [0.5, 0.6) is 0 Å². The molecule has 4 nitrogen and oxygen atoms in total. The van der Waals surface area contributed by atoms with Gasteiger partial charge in [-0.1, -0.05) is 17.9 Å². The van der Waals surface area contributed by atoms with E-state index in [1.165, 1.54) is 4.90 Å². The fourth-order valence-electron chi connectivity index (χ4n) is 2.73. The number of hydrogen-bond acceptors (Lipinski definition) is 3. The zero-order chi connectivity index (χ0) is 19.1. The van der Waals surface area contributed by atoms with Crippen molar-refractivity contribution in [1.82, 2.24) is 0 Å². The number of carbonyl (C=O) groups excluding carboxylic acids is 2. The van der Waals surface area contributed by atoms with Crippen molar-refractivity contribution in [3.05, 3.63) is 39.4 Å². The van der Waals surface area contributed by atoms with E-state index in [0.29, 0.717) is 28.3 Å². The molecule has 1 heterocycles. The van der Waals surface area contributed by atoms with E-state index in [1.54, 1.807) is 26.0 Å². The smallest absolute Gasteiger partial charge is 0.261 e. The Labute approximate surface area is 154 Å². The van der Waals surface area contributed by atoms with Gasteiger partial charge in [0.25, 0.3) is 11.8 Å². The van der Waals surface area contributed by atoms with Gasteiger partial charge in [-0.3, -0.25) is 9.59 Å². The summed E-state index contributed by atoms with van der Waals surface area (Å²) in [5, 5.41) is 10.0. The van der Waals surface area contributed by atoms with Crippen molar-refractivity contribution < 1.29 is 9.59 Å². The summed E-state index contributed by atoms with van der Waals surface area (Å²) in [5.41, 5.74) is 2.72. The molecule has 1 aromatic carbocycles. The second-order valence-corrected chi connectivity index (χ2v) is 11.6. The Balaban J connectivity index is 2.50. The third-order valence-corrected chi connectivity index (χ3v) is 6.96. The maximum Gasteiger partial charge on any atom is 0.261 e. The van der Waals surface area contributed by atoms with Crippen LogP contribution in [0.1, 0.15) is 25.0 Å². The van der Waals surface area contributed by atoms with E-state index < -0.39 is 6.89 Å². The van der Waals surface area contributed by atoms with Crippen LogP contribution >= 0.6 is 18.5 Å². The van der Waals surface area contributed by atoms with E-state index in [0.717, 1.165) is 11.1 Å². The van der Waals surface area contributed by atoms with Gasteiger partial charge in [-0.2, -0.15) is 5.26 Å². The maximum absolute atomic E-state index is 12.5. The molecule has 0 bridgehead atoms. The molecule has 0 aromatic heterocycles. The molecule has 0 aliphatic carbocycles. The van der Waals surface area contributed by atoms with Crippen molar-refractivity contribution >= 4 is 42.3 Å². The van der Waals surface area contributed by atoms with E-state index in [9.17, 15) is 14.9 Å². The molecule has 1 aromatic rings. The third-order valence-electron chi connectivity index (χ3n) is 4.62. The second-order valence-electron chi connectivity index (χ2n) is 7.05. The van der Waals surface area contributed by atoms with E-state index in [1.807, 2.05) is 20.3 Å². The molecule has 6 heteroatoms. The normalized spacial score (nSPS) is 16.4. The monoisotopic (exact) mass is 376 g/mol. The number of benzene rings is 1. The number of anilines is 1. The minimum absolute atomic E-state index is 0.230. The molecule has 1 aliphatic rings. The Morgan fingerprint density at radius 1 is 1.20 bits per heavy atom. The molecule has 132 valence electrons. The number of imide groups is 1. The van der Waals surface area contributed by atoms with Crippen LogP contribution in [0.2, 0.25) is 5.02 Å². The SMILES string of the molecule is C=P(C)(C)C(C#N)Cc1cc(N2C(=O)C(C)=C(C)C2=O)c(C)cc1Cl. The van der Waals surface area contributed by atoms with Crippen molar-refractivity contribution in [2.24, 2.45) is 0 Å². The highest BCUT2D eigenvalue weighted by Crippen LogP contribution is 2.44. The molecule has 2 rings (SSSR count). The first kappa shape index (κ1) is 19.5. The summed E-state index contributed by atoms with van der Waals surface area (Å²) in [5.74, 6) is -0.610. The van der Waals surface area contributed by atoms with Crippen LogP contribution in [0.3, 0.4) is 0 Å². The summed E-state index contributed by atoms with van der Waals surface area (Å²) >= 11 is 6.37. The Bertz CT molecular complexity index is 865. The minimum Gasteiger partial charge on any atom is -0.269 e. The number of aryl methyl sites for hydroxylation is 1. The molecule has 0 fully saturated rings. The largest absolute Gasteiger partial charge is 0.269 e. The van der Waals surface area contributed by atoms with Gasteiger partial charge < -0.3 is 0 Å². The molecule has 1 unspecified atom stereocenters. The highest BCUT2D eigenvalue weighted by Gasteiger charge is 2.35. The molecule has 0 spiro atoms. The van der Waals surface area contributed by atoms with Crippen LogP contribution in [0, 0.1) is 18.3 Å². The zero-order valence-corrected chi connectivity index (χ0v) is 16.8. The molecular weight excluding hydrogens is 355 g/mol. The van der Waals surface area contributed by atoms with Crippen LogP contribution in [0.4, 0.5) is 5.69 Å².